The maximum atomic E-state index is 13.3. The van der Waals surface area contributed by atoms with Gasteiger partial charge in [0.15, 0.2) is 5.76 Å². The van der Waals surface area contributed by atoms with Gasteiger partial charge in [0.25, 0.3) is 5.91 Å². The molecule has 0 radical (unpaired) electrons. The number of carbonyl (C=O) groups is 2. The van der Waals surface area contributed by atoms with Crippen molar-refractivity contribution in [3.63, 3.8) is 0 Å². The summed E-state index contributed by atoms with van der Waals surface area (Å²) < 4.78 is 5.46. The number of nitrogens with zero attached hydrogens (tertiary/aromatic N) is 2. The first-order valence-corrected chi connectivity index (χ1v) is 8.71. The summed E-state index contributed by atoms with van der Waals surface area (Å²) in [6.07, 6.45) is 2.15. The van der Waals surface area contributed by atoms with Gasteiger partial charge in [0, 0.05) is 18.5 Å². The number of fused-ring (bicyclic) bond motifs is 1. The van der Waals surface area contributed by atoms with E-state index in [-0.39, 0.29) is 11.8 Å². The zero-order valence-corrected chi connectivity index (χ0v) is 14.4. The first-order valence-electron chi connectivity index (χ1n) is 8.71. The van der Waals surface area contributed by atoms with Crippen LogP contribution in [0.25, 0.3) is 22.4 Å². The van der Waals surface area contributed by atoms with Gasteiger partial charge in [-0.2, -0.15) is 0 Å². The van der Waals surface area contributed by atoms with Gasteiger partial charge in [-0.05, 0) is 30.7 Å². The Balaban J connectivity index is 1.84. The molecule has 2 aromatic heterocycles. The second-order valence-corrected chi connectivity index (χ2v) is 6.26. The number of para-hydroxylation sites is 1. The highest BCUT2D eigenvalue weighted by Crippen LogP contribution is 2.27. The van der Waals surface area contributed by atoms with Gasteiger partial charge in [0.2, 0.25) is 5.91 Å². The molecule has 1 N–H and O–H groups in total. The lowest BCUT2D eigenvalue weighted by molar-refractivity contribution is -0.127. The van der Waals surface area contributed by atoms with Crippen molar-refractivity contribution in [2.24, 2.45) is 0 Å². The van der Waals surface area contributed by atoms with Gasteiger partial charge in [0.1, 0.15) is 11.7 Å². The van der Waals surface area contributed by atoms with Crippen molar-refractivity contribution in [2.75, 3.05) is 13.1 Å². The van der Waals surface area contributed by atoms with E-state index in [2.05, 4.69) is 10.3 Å². The summed E-state index contributed by atoms with van der Waals surface area (Å²) in [6.45, 7) is 2.87. The standard InChI is InChI=1S/C20H19N3O3/c1-2-17-19(24)21-9-10-23(17)20(25)14-12-16(18-8-5-11-26-18)22-15-7-4-3-6-13(14)15/h3-8,11-12,17H,2,9-10H2,1H3,(H,21,24)/t17-/m1/s1. The Kier molecular flexibility index (Phi) is 4.16. The molecule has 132 valence electrons. The first kappa shape index (κ1) is 16.3. The molecular formula is C20H19N3O3. The Bertz CT molecular complexity index is 966. The first-order chi connectivity index (χ1) is 12.7. The van der Waals surface area contributed by atoms with Crippen LogP contribution in [0.2, 0.25) is 0 Å². The Morgan fingerprint density at radius 2 is 2.15 bits per heavy atom. The number of aromatic nitrogens is 1. The van der Waals surface area contributed by atoms with Crippen LogP contribution in [0.15, 0.2) is 53.1 Å². The average molecular weight is 349 g/mol. The molecule has 26 heavy (non-hydrogen) atoms. The van der Waals surface area contributed by atoms with Crippen molar-refractivity contribution in [1.82, 2.24) is 15.2 Å². The van der Waals surface area contributed by atoms with Crippen molar-refractivity contribution in [1.29, 1.82) is 0 Å². The van der Waals surface area contributed by atoms with Gasteiger partial charge in [-0.15, -0.1) is 0 Å². The maximum absolute atomic E-state index is 13.3. The molecule has 2 amide bonds. The minimum Gasteiger partial charge on any atom is -0.463 e. The normalized spacial score (nSPS) is 17.3. The van der Waals surface area contributed by atoms with Gasteiger partial charge in [0.05, 0.1) is 17.3 Å². The molecule has 1 aliphatic heterocycles. The minimum absolute atomic E-state index is 0.100. The zero-order chi connectivity index (χ0) is 18.1. The van der Waals surface area contributed by atoms with Crippen molar-refractivity contribution < 1.29 is 14.0 Å². The van der Waals surface area contributed by atoms with Crippen LogP contribution in [0.5, 0.6) is 0 Å². The Morgan fingerprint density at radius 3 is 2.92 bits per heavy atom. The number of pyridine rings is 1. The smallest absolute Gasteiger partial charge is 0.255 e. The predicted octanol–water partition coefficient (Wildman–Crippen LogP) is 2.85. The van der Waals surface area contributed by atoms with Crippen molar-refractivity contribution in [3.8, 4) is 11.5 Å². The second-order valence-electron chi connectivity index (χ2n) is 6.26. The van der Waals surface area contributed by atoms with Gasteiger partial charge < -0.3 is 14.6 Å². The van der Waals surface area contributed by atoms with E-state index in [1.165, 1.54) is 0 Å². The highest BCUT2D eigenvalue weighted by Gasteiger charge is 2.33. The van der Waals surface area contributed by atoms with E-state index in [0.717, 1.165) is 10.9 Å². The molecule has 1 aliphatic rings. The van der Waals surface area contributed by atoms with E-state index in [9.17, 15) is 9.59 Å². The van der Waals surface area contributed by atoms with E-state index >= 15 is 0 Å². The number of amides is 2. The highest BCUT2D eigenvalue weighted by molar-refractivity contribution is 6.08. The molecule has 0 aliphatic carbocycles. The van der Waals surface area contributed by atoms with E-state index in [1.54, 1.807) is 23.3 Å². The summed E-state index contributed by atoms with van der Waals surface area (Å²) in [6, 6.07) is 12.4. The summed E-state index contributed by atoms with van der Waals surface area (Å²) in [4.78, 5) is 31.8. The summed E-state index contributed by atoms with van der Waals surface area (Å²) in [5, 5.41) is 3.60. The zero-order valence-electron chi connectivity index (χ0n) is 14.4. The van der Waals surface area contributed by atoms with Crippen LogP contribution in [0, 0.1) is 0 Å². The van der Waals surface area contributed by atoms with Gasteiger partial charge in [-0.3, -0.25) is 9.59 Å². The molecule has 1 fully saturated rings. The van der Waals surface area contributed by atoms with Gasteiger partial charge in [-0.25, -0.2) is 4.98 Å². The summed E-state index contributed by atoms with van der Waals surface area (Å²) in [7, 11) is 0. The fourth-order valence-electron chi connectivity index (χ4n) is 3.42. The number of benzene rings is 1. The Labute approximate surface area is 150 Å². The molecule has 3 heterocycles. The fourth-order valence-corrected chi connectivity index (χ4v) is 3.42. The molecule has 0 saturated carbocycles. The van der Waals surface area contributed by atoms with Crippen LogP contribution in [0.4, 0.5) is 0 Å². The van der Waals surface area contributed by atoms with Crippen molar-refractivity contribution >= 4 is 22.7 Å². The monoisotopic (exact) mass is 349 g/mol. The molecule has 1 aromatic carbocycles. The minimum atomic E-state index is -0.449. The third-order valence-electron chi connectivity index (χ3n) is 4.70. The lowest BCUT2D eigenvalue weighted by Crippen LogP contribution is -2.56. The number of piperazine rings is 1. The van der Waals surface area contributed by atoms with Crippen molar-refractivity contribution in [2.45, 2.75) is 19.4 Å². The molecule has 6 heteroatoms. The second kappa shape index (κ2) is 6.63. The molecule has 6 nitrogen and oxygen atoms in total. The number of hydrogen-bond donors (Lipinski definition) is 1. The number of furan rings is 1. The maximum Gasteiger partial charge on any atom is 0.255 e. The third kappa shape index (κ3) is 2.73. The van der Waals surface area contributed by atoms with Crippen LogP contribution >= 0.6 is 0 Å². The lowest BCUT2D eigenvalue weighted by atomic mass is 10.0. The van der Waals surface area contributed by atoms with Crippen LogP contribution in [-0.4, -0.2) is 40.8 Å². The van der Waals surface area contributed by atoms with Gasteiger partial charge in [-0.1, -0.05) is 25.1 Å². The third-order valence-corrected chi connectivity index (χ3v) is 4.70. The average Bonchev–Trinajstić information content (AvgIpc) is 3.21. The summed E-state index contributed by atoms with van der Waals surface area (Å²) in [5.41, 5.74) is 1.86. The molecule has 3 aromatic rings. The Morgan fingerprint density at radius 1 is 1.31 bits per heavy atom. The van der Waals surface area contributed by atoms with E-state index in [1.807, 2.05) is 37.3 Å². The van der Waals surface area contributed by atoms with Crippen LogP contribution in [-0.2, 0) is 4.79 Å². The molecule has 0 unspecified atom stereocenters. The lowest BCUT2D eigenvalue weighted by Gasteiger charge is -2.34. The highest BCUT2D eigenvalue weighted by atomic mass is 16.3. The molecular weight excluding hydrogens is 330 g/mol. The van der Waals surface area contributed by atoms with Crippen LogP contribution < -0.4 is 5.32 Å². The molecule has 4 rings (SSSR count). The van der Waals surface area contributed by atoms with Crippen LogP contribution in [0.1, 0.15) is 23.7 Å². The molecule has 0 spiro atoms. The number of rotatable bonds is 3. The molecule has 1 saturated heterocycles. The van der Waals surface area contributed by atoms with E-state index < -0.39 is 6.04 Å². The number of carbonyl (C=O) groups excluding carboxylic acids is 2. The van der Waals surface area contributed by atoms with Crippen molar-refractivity contribution in [3.05, 3.63) is 54.3 Å². The van der Waals surface area contributed by atoms with Crippen LogP contribution in [0.3, 0.4) is 0 Å². The molecule has 0 bridgehead atoms. The Hall–Kier alpha value is -3.15. The quantitative estimate of drug-likeness (QED) is 0.789. The number of hydrogen-bond acceptors (Lipinski definition) is 4. The summed E-state index contributed by atoms with van der Waals surface area (Å²) in [5.74, 6) is 0.350. The largest absolute Gasteiger partial charge is 0.463 e. The predicted molar refractivity (Wildman–Crippen MR) is 97.6 cm³/mol. The molecule has 1 atom stereocenters. The van der Waals surface area contributed by atoms with E-state index in [0.29, 0.717) is 36.5 Å². The SMILES string of the molecule is CC[C@@H]1C(=O)NCCN1C(=O)c1cc(-c2ccco2)nc2ccccc12. The topological polar surface area (TPSA) is 75.4 Å². The summed E-state index contributed by atoms with van der Waals surface area (Å²) >= 11 is 0. The number of nitrogens with one attached hydrogen (secondary N) is 1. The fraction of sp³-hybridized carbons (Fsp3) is 0.250. The van der Waals surface area contributed by atoms with E-state index in [4.69, 9.17) is 4.42 Å². The van der Waals surface area contributed by atoms with Gasteiger partial charge >= 0.3 is 0 Å².